The molecule has 0 spiro atoms. The molecule has 176 valence electrons. The van der Waals surface area contributed by atoms with Gasteiger partial charge in [0.1, 0.15) is 5.00 Å². The highest BCUT2D eigenvalue weighted by molar-refractivity contribution is 7.89. The Morgan fingerprint density at radius 3 is 2.34 bits per heavy atom. The fraction of sp³-hybridized carbons (Fsp3) is 0.429. The van der Waals surface area contributed by atoms with Crippen LogP contribution in [0.1, 0.15) is 45.0 Å². The van der Waals surface area contributed by atoms with Crippen LogP contribution in [0.4, 0.5) is 5.00 Å². The van der Waals surface area contributed by atoms with Crippen molar-refractivity contribution in [2.45, 2.75) is 37.8 Å². The zero-order chi connectivity index (χ0) is 22.9. The number of benzene rings is 1. The highest BCUT2D eigenvalue weighted by atomic mass is 35.5. The number of methoxy groups -OCH3 is 1. The third-order valence-corrected chi connectivity index (χ3v) is 8.29. The predicted octanol–water partition coefficient (Wildman–Crippen LogP) is 3.23. The summed E-state index contributed by atoms with van der Waals surface area (Å²) in [5, 5.41) is 3.28. The average Bonchev–Trinajstić information content (AvgIpc) is 3.09. The van der Waals surface area contributed by atoms with Crippen LogP contribution in [0.5, 0.6) is 0 Å². The van der Waals surface area contributed by atoms with Crippen LogP contribution < -0.4 is 5.32 Å². The Morgan fingerprint density at radius 1 is 1.19 bits per heavy atom. The van der Waals surface area contributed by atoms with E-state index >= 15 is 0 Å². The Labute approximate surface area is 199 Å². The summed E-state index contributed by atoms with van der Waals surface area (Å²) in [5.74, 6) is -0.892. The van der Waals surface area contributed by atoms with E-state index in [1.807, 2.05) is 0 Å². The van der Waals surface area contributed by atoms with E-state index in [0.29, 0.717) is 35.1 Å². The number of thiophene rings is 1. The molecule has 0 radical (unpaired) electrons. The first-order valence-electron chi connectivity index (χ1n) is 9.87. The van der Waals surface area contributed by atoms with Gasteiger partial charge < -0.3 is 10.1 Å². The second kappa shape index (κ2) is 10.3. The second-order valence-corrected chi connectivity index (χ2v) is 11.0. The van der Waals surface area contributed by atoms with Crippen LogP contribution in [0.25, 0.3) is 0 Å². The SMILES string of the molecule is COC(=O)c1c(NC(=O)c2ccc(S(=O)(=O)N(C)C)cc2)sc2c1CCN(C(C)C)C2.Cl. The minimum atomic E-state index is -3.58. The van der Waals surface area contributed by atoms with Crippen molar-refractivity contribution in [3.63, 3.8) is 0 Å². The first-order chi connectivity index (χ1) is 14.6. The smallest absolute Gasteiger partial charge is 0.341 e. The van der Waals surface area contributed by atoms with E-state index in [-0.39, 0.29) is 17.3 Å². The molecule has 1 N–H and O–H groups in total. The van der Waals surface area contributed by atoms with Crippen molar-refractivity contribution in [1.82, 2.24) is 9.21 Å². The molecule has 0 bridgehead atoms. The Bertz CT molecular complexity index is 1100. The summed E-state index contributed by atoms with van der Waals surface area (Å²) < 4.78 is 30.5. The standard InChI is InChI=1S/C21H27N3O5S2.ClH/c1-13(2)24-11-10-16-17(12-24)30-20(18(16)21(26)29-5)22-19(25)14-6-8-15(9-7-14)31(27,28)23(3)4;/h6-9,13H,10-12H2,1-5H3,(H,22,25);1H. The van der Waals surface area contributed by atoms with E-state index in [4.69, 9.17) is 4.74 Å². The number of carbonyl (C=O) groups is 2. The molecule has 8 nitrogen and oxygen atoms in total. The van der Waals surface area contributed by atoms with Gasteiger partial charge in [-0.2, -0.15) is 0 Å². The first-order valence-corrected chi connectivity index (χ1v) is 12.1. The molecule has 0 aliphatic carbocycles. The average molecular weight is 502 g/mol. The van der Waals surface area contributed by atoms with E-state index in [0.717, 1.165) is 21.3 Å². The maximum atomic E-state index is 12.8. The maximum absolute atomic E-state index is 12.8. The lowest BCUT2D eigenvalue weighted by atomic mass is 10.0. The van der Waals surface area contributed by atoms with Crippen molar-refractivity contribution < 1.29 is 22.7 Å². The van der Waals surface area contributed by atoms with E-state index in [2.05, 4.69) is 24.1 Å². The molecule has 32 heavy (non-hydrogen) atoms. The summed E-state index contributed by atoms with van der Waals surface area (Å²) in [5.41, 5.74) is 1.63. The molecular weight excluding hydrogens is 474 g/mol. The van der Waals surface area contributed by atoms with Gasteiger partial charge in [0.25, 0.3) is 5.91 Å². The Hall–Kier alpha value is -1.98. The molecule has 1 aromatic heterocycles. The zero-order valence-corrected chi connectivity index (χ0v) is 21.1. The van der Waals surface area contributed by atoms with Crippen LogP contribution in [0.3, 0.4) is 0 Å². The quantitative estimate of drug-likeness (QED) is 0.610. The van der Waals surface area contributed by atoms with Gasteiger partial charge in [0.15, 0.2) is 0 Å². The molecule has 1 amide bonds. The minimum absolute atomic E-state index is 0. The Kier molecular flexibility index (Phi) is 8.46. The molecule has 2 heterocycles. The molecule has 2 aromatic rings. The molecule has 0 saturated heterocycles. The maximum Gasteiger partial charge on any atom is 0.341 e. The van der Waals surface area contributed by atoms with Crippen LogP contribution in [-0.4, -0.2) is 63.3 Å². The number of hydrogen-bond acceptors (Lipinski definition) is 7. The number of rotatable bonds is 6. The number of ether oxygens (including phenoxy) is 1. The number of sulfonamides is 1. The fourth-order valence-electron chi connectivity index (χ4n) is 3.43. The number of amides is 1. The molecule has 0 unspecified atom stereocenters. The summed E-state index contributed by atoms with van der Waals surface area (Å²) in [7, 11) is 0.644. The van der Waals surface area contributed by atoms with Crippen LogP contribution in [0.15, 0.2) is 29.2 Å². The van der Waals surface area contributed by atoms with Gasteiger partial charge in [-0.05, 0) is 50.1 Å². The van der Waals surface area contributed by atoms with Crippen molar-refractivity contribution in [2.24, 2.45) is 0 Å². The van der Waals surface area contributed by atoms with Gasteiger partial charge in [-0.3, -0.25) is 9.69 Å². The van der Waals surface area contributed by atoms with Crippen molar-refractivity contribution in [1.29, 1.82) is 0 Å². The number of anilines is 1. The fourth-order valence-corrected chi connectivity index (χ4v) is 5.59. The summed E-state index contributed by atoms with van der Waals surface area (Å²) in [6.45, 7) is 5.81. The molecular formula is C21H28ClN3O5S2. The third kappa shape index (κ3) is 5.15. The lowest BCUT2D eigenvalue weighted by molar-refractivity contribution is 0.0600. The summed E-state index contributed by atoms with van der Waals surface area (Å²) in [6, 6.07) is 6.08. The van der Waals surface area contributed by atoms with Gasteiger partial charge >= 0.3 is 5.97 Å². The summed E-state index contributed by atoms with van der Waals surface area (Å²) in [6.07, 6.45) is 0.710. The van der Waals surface area contributed by atoms with Crippen LogP contribution >= 0.6 is 23.7 Å². The Morgan fingerprint density at radius 2 is 1.81 bits per heavy atom. The topological polar surface area (TPSA) is 96.0 Å². The Balaban J connectivity index is 0.00000363. The first kappa shape index (κ1) is 26.3. The molecule has 11 heteroatoms. The van der Waals surface area contributed by atoms with E-state index < -0.39 is 21.9 Å². The van der Waals surface area contributed by atoms with Gasteiger partial charge in [-0.15, -0.1) is 23.7 Å². The number of hydrogen-bond donors (Lipinski definition) is 1. The molecule has 0 atom stereocenters. The van der Waals surface area contributed by atoms with Crippen LogP contribution in [-0.2, 0) is 27.7 Å². The van der Waals surface area contributed by atoms with Crippen LogP contribution in [0, 0.1) is 0 Å². The number of esters is 1. The molecule has 3 rings (SSSR count). The number of nitrogens with zero attached hydrogens (tertiary/aromatic N) is 2. The van der Waals surface area contributed by atoms with Gasteiger partial charge in [0.2, 0.25) is 10.0 Å². The van der Waals surface area contributed by atoms with Gasteiger partial charge in [-0.25, -0.2) is 17.5 Å². The van der Waals surface area contributed by atoms with Gasteiger partial charge in [0.05, 0.1) is 17.6 Å². The molecule has 0 fully saturated rings. The number of carbonyl (C=O) groups excluding carboxylic acids is 2. The third-order valence-electron chi connectivity index (χ3n) is 5.33. The molecule has 1 aliphatic heterocycles. The zero-order valence-electron chi connectivity index (χ0n) is 18.7. The van der Waals surface area contributed by atoms with Crippen molar-refractivity contribution >= 4 is 50.6 Å². The largest absolute Gasteiger partial charge is 0.465 e. The monoisotopic (exact) mass is 501 g/mol. The highest BCUT2D eigenvalue weighted by Crippen LogP contribution is 2.38. The second-order valence-electron chi connectivity index (χ2n) is 7.78. The summed E-state index contributed by atoms with van der Waals surface area (Å²) in [4.78, 5) is 28.8. The summed E-state index contributed by atoms with van der Waals surface area (Å²) >= 11 is 1.38. The number of fused-ring (bicyclic) bond motifs is 1. The van der Waals surface area contributed by atoms with E-state index in [9.17, 15) is 18.0 Å². The lowest BCUT2D eigenvalue weighted by Gasteiger charge is -2.30. The van der Waals surface area contributed by atoms with Gasteiger partial charge in [-0.1, -0.05) is 0 Å². The lowest BCUT2D eigenvalue weighted by Crippen LogP contribution is -2.35. The minimum Gasteiger partial charge on any atom is -0.465 e. The number of halogens is 1. The van der Waals surface area contributed by atoms with Crippen molar-refractivity contribution in [2.75, 3.05) is 33.1 Å². The van der Waals surface area contributed by atoms with E-state index in [1.54, 1.807) is 0 Å². The van der Waals surface area contributed by atoms with Gasteiger partial charge in [0, 0.05) is 43.7 Å². The number of nitrogens with one attached hydrogen (secondary N) is 1. The predicted molar refractivity (Wildman–Crippen MR) is 127 cm³/mol. The molecule has 1 aliphatic rings. The van der Waals surface area contributed by atoms with E-state index in [1.165, 1.54) is 56.8 Å². The molecule has 0 saturated carbocycles. The normalized spacial score (nSPS) is 14.1. The van der Waals surface area contributed by atoms with Crippen LogP contribution in [0.2, 0.25) is 0 Å². The van der Waals surface area contributed by atoms with Crippen molar-refractivity contribution in [3.8, 4) is 0 Å². The molecule has 1 aromatic carbocycles. The van der Waals surface area contributed by atoms with Crippen molar-refractivity contribution in [3.05, 3.63) is 45.8 Å². The highest BCUT2D eigenvalue weighted by Gasteiger charge is 2.30.